The van der Waals surface area contributed by atoms with Crippen LogP contribution in [0, 0.1) is 0 Å². The largest absolute Gasteiger partial charge is 0.325 e. The van der Waals surface area contributed by atoms with Gasteiger partial charge in [0.25, 0.3) is 5.56 Å². The van der Waals surface area contributed by atoms with Crippen LogP contribution in [0.5, 0.6) is 0 Å². The zero-order valence-electron chi connectivity index (χ0n) is 6.10. The average molecular weight is 155 g/mol. The van der Waals surface area contributed by atoms with Crippen LogP contribution in [-0.4, -0.2) is 17.0 Å². The van der Waals surface area contributed by atoms with Crippen molar-refractivity contribution in [3.8, 4) is 0 Å². The van der Waals surface area contributed by atoms with Crippen LogP contribution in [0.15, 0.2) is 15.7 Å². The second-order valence-corrected chi connectivity index (χ2v) is 2.14. The van der Waals surface area contributed by atoms with Crippen LogP contribution in [-0.2, 0) is 6.54 Å². The van der Waals surface area contributed by atoms with Crippen LogP contribution < -0.4 is 16.6 Å². The molecule has 1 aromatic rings. The molecule has 1 aromatic heterocycles. The van der Waals surface area contributed by atoms with Crippen LogP contribution >= 0.6 is 0 Å². The third kappa shape index (κ3) is 2.05. The summed E-state index contributed by atoms with van der Waals surface area (Å²) in [5, 5.41) is 2.82. The van der Waals surface area contributed by atoms with Gasteiger partial charge >= 0.3 is 5.69 Å². The summed E-state index contributed by atoms with van der Waals surface area (Å²) in [6.07, 6.45) is 0. The number of aromatic amines is 2. The first-order valence-electron chi connectivity index (χ1n) is 3.19. The van der Waals surface area contributed by atoms with Crippen LogP contribution in [0.25, 0.3) is 0 Å². The van der Waals surface area contributed by atoms with Gasteiger partial charge in [0.2, 0.25) is 0 Å². The van der Waals surface area contributed by atoms with E-state index in [1.54, 1.807) is 7.05 Å². The molecule has 5 heteroatoms. The zero-order chi connectivity index (χ0) is 8.27. The van der Waals surface area contributed by atoms with Crippen molar-refractivity contribution in [2.24, 2.45) is 0 Å². The van der Waals surface area contributed by atoms with Gasteiger partial charge in [-0.1, -0.05) is 0 Å². The molecule has 60 valence electrons. The van der Waals surface area contributed by atoms with Crippen molar-refractivity contribution in [1.29, 1.82) is 0 Å². The third-order valence-electron chi connectivity index (χ3n) is 1.18. The Morgan fingerprint density at radius 3 is 2.73 bits per heavy atom. The van der Waals surface area contributed by atoms with E-state index in [1.807, 2.05) is 0 Å². The monoisotopic (exact) mass is 155 g/mol. The first-order chi connectivity index (χ1) is 5.22. The molecule has 0 aromatic carbocycles. The summed E-state index contributed by atoms with van der Waals surface area (Å²) in [6, 6.07) is 1.35. The number of rotatable bonds is 2. The second kappa shape index (κ2) is 3.16. The van der Waals surface area contributed by atoms with E-state index in [9.17, 15) is 9.59 Å². The molecule has 0 bridgehead atoms. The molecule has 0 atom stereocenters. The maximum Gasteiger partial charge on any atom is 0.325 e. The Bertz CT molecular complexity index is 310. The second-order valence-electron chi connectivity index (χ2n) is 2.14. The Hall–Kier alpha value is -1.36. The molecule has 0 aliphatic heterocycles. The van der Waals surface area contributed by atoms with Gasteiger partial charge < -0.3 is 10.3 Å². The molecule has 0 saturated carbocycles. The molecule has 0 aliphatic carbocycles. The lowest BCUT2D eigenvalue weighted by molar-refractivity contribution is 0.774. The Morgan fingerprint density at radius 1 is 1.45 bits per heavy atom. The number of hydrogen-bond donors (Lipinski definition) is 3. The highest BCUT2D eigenvalue weighted by atomic mass is 16.2. The van der Waals surface area contributed by atoms with Crippen LogP contribution in [0.1, 0.15) is 5.69 Å². The molecule has 11 heavy (non-hydrogen) atoms. The molecule has 1 heterocycles. The van der Waals surface area contributed by atoms with Gasteiger partial charge in [-0.25, -0.2) is 4.79 Å². The minimum Gasteiger partial charge on any atom is -0.314 e. The standard InChI is InChI=1S/C6H9N3O2/c1-7-3-4-2-5(10)9-6(11)8-4/h2,7H,3H2,1H3,(H2,8,9,10,11). The maximum absolute atomic E-state index is 10.7. The van der Waals surface area contributed by atoms with Crippen molar-refractivity contribution in [2.75, 3.05) is 7.05 Å². The summed E-state index contributed by atoms with van der Waals surface area (Å²) < 4.78 is 0. The summed E-state index contributed by atoms with van der Waals surface area (Å²) >= 11 is 0. The summed E-state index contributed by atoms with van der Waals surface area (Å²) in [4.78, 5) is 25.9. The van der Waals surface area contributed by atoms with Crippen LogP contribution in [0.3, 0.4) is 0 Å². The molecule has 0 amide bonds. The van der Waals surface area contributed by atoms with Gasteiger partial charge in [-0.05, 0) is 7.05 Å². The Labute approximate surface area is 62.5 Å². The van der Waals surface area contributed by atoms with Gasteiger partial charge in [-0.15, -0.1) is 0 Å². The molecule has 0 radical (unpaired) electrons. The summed E-state index contributed by atoms with van der Waals surface area (Å²) in [5.74, 6) is 0. The number of H-pyrrole nitrogens is 2. The van der Waals surface area contributed by atoms with Crippen LogP contribution in [0.2, 0.25) is 0 Å². The van der Waals surface area contributed by atoms with Crippen molar-refractivity contribution >= 4 is 0 Å². The van der Waals surface area contributed by atoms with Crippen molar-refractivity contribution in [3.05, 3.63) is 32.6 Å². The van der Waals surface area contributed by atoms with Gasteiger partial charge in [-0.2, -0.15) is 0 Å². The van der Waals surface area contributed by atoms with Crippen molar-refractivity contribution < 1.29 is 0 Å². The van der Waals surface area contributed by atoms with Gasteiger partial charge in [0.05, 0.1) is 0 Å². The highest BCUT2D eigenvalue weighted by Crippen LogP contribution is 1.80. The Morgan fingerprint density at radius 2 is 2.18 bits per heavy atom. The fourth-order valence-electron chi connectivity index (χ4n) is 0.805. The summed E-state index contributed by atoms with van der Waals surface area (Å²) in [7, 11) is 1.74. The fourth-order valence-corrected chi connectivity index (χ4v) is 0.805. The minimum atomic E-state index is -0.470. The topological polar surface area (TPSA) is 77.8 Å². The van der Waals surface area contributed by atoms with E-state index in [-0.39, 0.29) is 5.56 Å². The number of aromatic nitrogens is 2. The molecule has 0 aliphatic rings. The molecule has 5 nitrogen and oxygen atoms in total. The summed E-state index contributed by atoms with van der Waals surface area (Å²) in [5.41, 5.74) is -0.261. The van der Waals surface area contributed by atoms with Gasteiger partial charge in [0.15, 0.2) is 0 Å². The lowest BCUT2D eigenvalue weighted by Crippen LogP contribution is -2.24. The minimum absolute atomic E-state index is 0.376. The zero-order valence-corrected chi connectivity index (χ0v) is 6.10. The third-order valence-corrected chi connectivity index (χ3v) is 1.18. The average Bonchev–Trinajstić information content (AvgIpc) is 1.85. The van der Waals surface area contributed by atoms with E-state index in [0.717, 1.165) is 0 Å². The predicted molar refractivity (Wildman–Crippen MR) is 40.4 cm³/mol. The molecule has 0 fully saturated rings. The molecule has 0 unspecified atom stereocenters. The van der Waals surface area contributed by atoms with E-state index < -0.39 is 5.69 Å². The predicted octanol–water partition coefficient (Wildman–Crippen LogP) is -1.22. The van der Waals surface area contributed by atoms with Gasteiger partial charge in [0.1, 0.15) is 0 Å². The first kappa shape index (κ1) is 7.74. The smallest absolute Gasteiger partial charge is 0.314 e. The molecule has 3 N–H and O–H groups in total. The van der Waals surface area contributed by atoms with Crippen molar-refractivity contribution in [2.45, 2.75) is 6.54 Å². The summed E-state index contributed by atoms with van der Waals surface area (Å²) in [6.45, 7) is 0.485. The molecule has 1 rings (SSSR count). The molecule has 0 saturated heterocycles. The van der Waals surface area contributed by atoms with E-state index >= 15 is 0 Å². The van der Waals surface area contributed by atoms with Gasteiger partial charge in [-0.3, -0.25) is 9.78 Å². The first-order valence-corrected chi connectivity index (χ1v) is 3.19. The molecular weight excluding hydrogens is 146 g/mol. The highest BCUT2D eigenvalue weighted by molar-refractivity contribution is 4.97. The normalized spacial score (nSPS) is 9.91. The van der Waals surface area contributed by atoms with Crippen molar-refractivity contribution in [1.82, 2.24) is 15.3 Å². The lowest BCUT2D eigenvalue weighted by Gasteiger charge is -1.96. The van der Waals surface area contributed by atoms with Gasteiger partial charge in [0, 0.05) is 18.3 Å². The maximum atomic E-state index is 10.7. The van der Waals surface area contributed by atoms with E-state index in [0.29, 0.717) is 12.2 Å². The van der Waals surface area contributed by atoms with Crippen molar-refractivity contribution in [3.63, 3.8) is 0 Å². The molecule has 0 spiro atoms. The number of hydrogen-bond acceptors (Lipinski definition) is 3. The van der Waals surface area contributed by atoms with E-state index in [4.69, 9.17) is 0 Å². The van der Waals surface area contributed by atoms with E-state index in [2.05, 4.69) is 15.3 Å². The fraction of sp³-hybridized carbons (Fsp3) is 0.333. The number of nitrogens with one attached hydrogen (secondary N) is 3. The lowest BCUT2D eigenvalue weighted by atomic mass is 10.4. The quantitative estimate of drug-likeness (QED) is 0.501. The highest BCUT2D eigenvalue weighted by Gasteiger charge is 1.92. The van der Waals surface area contributed by atoms with Crippen LogP contribution in [0.4, 0.5) is 0 Å². The molecular formula is C6H9N3O2. The SMILES string of the molecule is CNCc1cc(=O)[nH]c(=O)[nH]1. The Balaban J connectivity index is 3.09. The Kier molecular flexibility index (Phi) is 2.22. The van der Waals surface area contributed by atoms with E-state index in [1.165, 1.54) is 6.07 Å².